The highest BCUT2D eigenvalue weighted by atomic mass is 32.2. The zero-order valence-electron chi connectivity index (χ0n) is 6.90. The fourth-order valence-electron chi connectivity index (χ4n) is 0.552. The fraction of sp³-hybridized carbons (Fsp3) is 0.429. The van der Waals surface area contributed by atoms with Crippen LogP contribution in [0.4, 0.5) is 0 Å². The van der Waals surface area contributed by atoms with Crippen molar-refractivity contribution >= 4 is 18.0 Å². The SMILES string of the molecule is CC(C)SOC(=O)c1cnc[nH]1. The van der Waals surface area contributed by atoms with Gasteiger partial charge >= 0.3 is 5.97 Å². The van der Waals surface area contributed by atoms with Crippen LogP contribution >= 0.6 is 12.0 Å². The molecule has 0 radical (unpaired) electrons. The largest absolute Gasteiger partial charge is 0.386 e. The third-order valence-electron chi connectivity index (χ3n) is 1.03. The van der Waals surface area contributed by atoms with Gasteiger partial charge in [-0.3, -0.25) is 0 Å². The van der Waals surface area contributed by atoms with E-state index in [2.05, 4.69) is 9.97 Å². The van der Waals surface area contributed by atoms with E-state index in [1.807, 2.05) is 13.8 Å². The van der Waals surface area contributed by atoms with E-state index in [-0.39, 0.29) is 11.2 Å². The summed E-state index contributed by atoms with van der Waals surface area (Å²) in [5, 5.41) is 0.275. The summed E-state index contributed by atoms with van der Waals surface area (Å²) in [5.74, 6) is -0.383. The summed E-state index contributed by atoms with van der Waals surface area (Å²) in [6.07, 6.45) is 2.87. The predicted octanol–water partition coefficient (Wildman–Crippen LogP) is 1.62. The molecular weight excluding hydrogens is 176 g/mol. The molecule has 0 aliphatic heterocycles. The van der Waals surface area contributed by atoms with Crippen LogP contribution < -0.4 is 0 Å². The molecule has 1 aromatic rings. The molecule has 1 heterocycles. The summed E-state index contributed by atoms with van der Waals surface area (Å²) in [7, 11) is 0. The number of aromatic nitrogens is 2. The third kappa shape index (κ3) is 2.58. The molecule has 0 saturated heterocycles. The molecule has 1 rings (SSSR count). The zero-order valence-corrected chi connectivity index (χ0v) is 7.72. The van der Waals surface area contributed by atoms with Crippen LogP contribution in [0.3, 0.4) is 0 Å². The Labute approximate surface area is 74.9 Å². The number of imidazole rings is 1. The van der Waals surface area contributed by atoms with Crippen molar-refractivity contribution in [1.29, 1.82) is 0 Å². The molecule has 0 aromatic carbocycles. The molecule has 66 valence electrons. The summed E-state index contributed by atoms with van der Waals surface area (Å²) in [4.78, 5) is 17.5. The van der Waals surface area contributed by atoms with Gasteiger partial charge in [-0.25, -0.2) is 9.78 Å². The van der Waals surface area contributed by atoms with Gasteiger partial charge in [-0.1, -0.05) is 13.8 Å². The Bertz CT molecular complexity index is 246. The molecular formula is C7H10N2O2S. The number of nitrogens with zero attached hydrogens (tertiary/aromatic N) is 1. The van der Waals surface area contributed by atoms with Crippen LogP contribution in [-0.4, -0.2) is 21.2 Å². The summed E-state index contributed by atoms with van der Waals surface area (Å²) in [5.41, 5.74) is 0.378. The van der Waals surface area contributed by atoms with Gasteiger partial charge in [-0.05, 0) is 0 Å². The first kappa shape index (κ1) is 9.12. The van der Waals surface area contributed by atoms with Crippen LogP contribution in [0.5, 0.6) is 0 Å². The Morgan fingerprint density at radius 2 is 2.50 bits per heavy atom. The normalized spacial score (nSPS) is 10.2. The van der Waals surface area contributed by atoms with Gasteiger partial charge in [0.2, 0.25) is 0 Å². The Hall–Kier alpha value is -0.970. The van der Waals surface area contributed by atoms with Crippen LogP contribution in [0, 0.1) is 0 Å². The Kier molecular flexibility index (Phi) is 3.16. The molecule has 0 aliphatic carbocycles. The van der Waals surface area contributed by atoms with Crippen LogP contribution in [0.15, 0.2) is 12.5 Å². The van der Waals surface area contributed by atoms with Crippen molar-refractivity contribution in [3.63, 3.8) is 0 Å². The number of hydrogen-bond donors (Lipinski definition) is 1. The average Bonchev–Trinajstić information content (AvgIpc) is 2.51. The summed E-state index contributed by atoms with van der Waals surface area (Å²) < 4.78 is 4.85. The summed E-state index contributed by atoms with van der Waals surface area (Å²) in [6.45, 7) is 3.90. The highest BCUT2D eigenvalue weighted by Gasteiger charge is 2.09. The Morgan fingerprint density at radius 1 is 1.75 bits per heavy atom. The molecule has 0 amide bonds. The Balaban J connectivity index is 2.40. The zero-order chi connectivity index (χ0) is 8.97. The molecule has 0 unspecified atom stereocenters. The summed E-state index contributed by atoms with van der Waals surface area (Å²) in [6, 6.07) is 0. The third-order valence-corrected chi connectivity index (χ3v) is 1.67. The van der Waals surface area contributed by atoms with E-state index in [1.54, 1.807) is 0 Å². The van der Waals surface area contributed by atoms with E-state index < -0.39 is 0 Å². The molecule has 0 saturated carbocycles. The smallest absolute Gasteiger partial charge is 0.368 e. The highest BCUT2D eigenvalue weighted by molar-refractivity contribution is 7.95. The maximum absolute atomic E-state index is 11.1. The van der Waals surface area contributed by atoms with E-state index >= 15 is 0 Å². The number of rotatable bonds is 3. The number of hydrogen-bond acceptors (Lipinski definition) is 4. The molecule has 5 heteroatoms. The lowest BCUT2D eigenvalue weighted by Gasteiger charge is -2.02. The maximum atomic E-state index is 11.1. The standard InChI is InChI=1S/C7H10N2O2S/c1-5(2)12-11-7(10)6-3-8-4-9-6/h3-5H,1-2H3,(H,8,9). The number of carbonyl (C=O) groups excluding carboxylic acids is 1. The second kappa shape index (κ2) is 4.15. The van der Waals surface area contributed by atoms with Crippen LogP contribution in [0.1, 0.15) is 24.3 Å². The van der Waals surface area contributed by atoms with Crippen molar-refractivity contribution in [3.8, 4) is 0 Å². The second-order valence-corrected chi connectivity index (χ2v) is 3.78. The topological polar surface area (TPSA) is 55.0 Å². The van der Waals surface area contributed by atoms with Crippen molar-refractivity contribution in [2.24, 2.45) is 0 Å². The molecule has 0 atom stereocenters. The van der Waals surface area contributed by atoms with E-state index in [0.29, 0.717) is 5.69 Å². The summed E-state index contributed by atoms with van der Waals surface area (Å²) >= 11 is 1.14. The van der Waals surface area contributed by atoms with Crippen molar-refractivity contribution in [2.45, 2.75) is 19.1 Å². The van der Waals surface area contributed by atoms with Gasteiger partial charge in [-0.15, -0.1) is 0 Å². The lowest BCUT2D eigenvalue weighted by atomic mass is 10.5. The van der Waals surface area contributed by atoms with Gasteiger partial charge in [0.05, 0.1) is 24.6 Å². The molecule has 0 aliphatic rings. The Morgan fingerprint density at radius 3 is 3.00 bits per heavy atom. The number of carbonyl (C=O) groups is 1. The first-order chi connectivity index (χ1) is 5.70. The number of H-pyrrole nitrogens is 1. The lowest BCUT2D eigenvalue weighted by Crippen LogP contribution is -2.02. The van der Waals surface area contributed by atoms with Gasteiger partial charge in [-0.2, -0.15) is 0 Å². The number of nitrogens with one attached hydrogen (secondary N) is 1. The van der Waals surface area contributed by atoms with Gasteiger partial charge in [0, 0.05) is 5.25 Å². The van der Waals surface area contributed by atoms with Gasteiger partial charge in [0.25, 0.3) is 0 Å². The minimum atomic E-state index is -0.383. The molecule has 4 nitrogen and oxygen atoms in total. The monoisotopic (exact) mass is 186 g/mol. The molecule has 12 heavy (non-hydrogen) atoms. The molecule has 1 N–H and O–H groups in total. The highest BCUT2D eigenvalue weighted by Crippen LogP contribution is 2.12. The maximum Gasteiger partial charge on any atom is 0.368 e. The van der Waals surface area contributed by atoms with Crippen molar-refractivity contribution in [2.75, 3.05) is 0 Å². The van der Waals surface area contributed by atoms with Crippen LogP contribution in [0.25, 0.3) is 0 Å². The average molecular weight is 186 g/mol. The van der Waals surface area contributed by atoms with Gasteiger partial charge < -0.3 is 9.17 Å². The minimum Gasteiger partial charge on any atom is -0.386 e. The van der Waals surface area contributed by atoms with E-state index in [9.17, 15) is 4.79 Å². The van der Waals surface area contributed by atoms with E-state index in [0.717, 1.165) is 12.0 Å². The van der Waals surface area contributed by atoms with E-state index in [1.165, 1.54) is 12.5 Å². The molecule has 0 fully saturated rings. The van der Waals surface area contributed by atoms with Gasteiger partial charge in [0.1, 0.15) is 5.69 Å². The second-order valence-electron chi connectivity index (χ2n) is 2.48. The lowest BCUT2D eigenvalue weighted by molar-refractivity contribution is 0.0761. The number of aromatic amines is 1. The molecule has 0 spiro atoms. The van der Waals surface area contributed by atoms with E-state index in [4.69, 9.17) is 4.18 Å². The van der Waals surface area contributed by atoms with Crippen molar-refractivity contribution in [1.82, 2.24) is 9.97 Å². The van der Waals surface area contributed by atoms with Crippen LogP contribution in [-0.2, 0) is 4.18 Å². The quantitative estimate of drug-likeness (QED) is 0.729. The van der Waals surface area contributed by atoms with Gasteiger partial charge in [0.15, 0.2) is 0 Å². The predicted molar refractivity (Wildman–Crippen MR) is 46.7 cm³/mol. The minimum absolute atomic E-state index is 0.275. The van der Waals surface area contributed by atoms with Crippen molar-refractivity contribution < 1.29 is 8.98 Å². The van der Waals surface area contributed by atoms with Crippen LogP contribution in [0.2, 0.25) is 0 Å². The molecule has 1 aromatic heterocycles. The first-order valence-electron chi connectivity index (χ1n) is 3.56. The fourth-order valence-corrected chi connectivity index (χ4v) is 0.922. The van der Waals surface area contributed by atoms with Crippen molar-refractivity contribution in [3.05, 3.63) is 18.2 Å². The first-order valence-corrected chi connectivity index (χ1v) is 4.36. The molecule has 0 bridgehead atoms.